The van der Waals surface area contributed by atoms with Crippen molar-refractivity contribution in [1.29, 1.82) is 0 Å². The fourth-order valence-corrected chi connectivity index (χ4v) is 6.76. The first kappa shape index (κ1) is 31.6. The zero-order chi connectivity index (χ0) is 30.9. The monoisotopic (exact) mass is 628 g/mol. The van der Waals surface area contributed by atoms with Crippen LogP contribution in [0.5, 0.6) is 0 Å². The molecule has 1 heterocycles. The number of carbonyl (C=O) groups excluding carboxylic acids is 2. The number of hydrazine groups is 1. The summed E-state index contributed by atoms with van der Waals surface area (Å²) < 4.78 is 13.7. The Morgan fingerprint density at radius 1 is 0.864 bits per heavy atom. The Bertz CT molecular complexity index is 1630. The summed E-state index contributed by atoms with van der Waals surface area (Å²) in [4.78, 5) is 30.4. The minimum atomic E-state index is -1.62. The summed E-state index contributed by atoms with van der Waals surface area (Å²) in [7, 11) is -1.62. The van der Waals surface area contributed by atoms with E-state index in [1.54, 1.807) is 48.5 Å². The highest BCUT2D eigenvalue weighted by atomic mass is 35.5. The lowest BCUT2D eigenvalue weighted by Gasteiger charge is -2.24. The van der Waals surface area contributed by atoms with Gasteiger partial charge >= 0.3 is 0 Å². The van der Waals surface area contributed by atoms with Crippen LogP contribution in [0.2, 0.25) is 5.02 Å². The standard InChI is InChI=1S/C35H37ClN4O3S/c1-2-3-20-39(25-26-11-5-4-6-12-26)21-10-19-37-34(41)28-17-18-33-31(23-28)40(38-24-27-13-9-14-29(36)22-27)35(42)30-15-7-8-16-32(30)44(33)43/h4-9,11-18,22-23,38H,2-3,10,19-21,24-25H2,1H3,(H,37,41). The number of carbonyl (C=O) groups is 2. The molecule has 0 aliphatic carbocycles. The summed E-state index contributed by atoms with van der Waals surface area (Å²) in [6.45, 7) is 5.76. The molecule has 1 aliphatic heterocycles. The minimum absolute atomic E-state index is 0.245. The number of hydrogen-bond donors (Lipinski definition) is 2. The molecule has 1 aliphatic rings. The average molecular weight is 629 g/mol. The number of amides is 2. The molecule has 1 unspecified atom stereocenters. The Morgan fingerprint density at radius 2 is 1.61 bits per heavy atom. The van der Waals surface area contributed by atoms with Gasteiger partial charge in [0.25, 0.3) is 11.8 Å². The Balaban J connectivity index is 1.31. The molecule has 0 bridgehead atoms. The highest BCUT2D eigenvalue weighted by Crippen LogP contribution is 2.34. The van der Waals surface area contributed by atoms with Gasteiger partial charge in [0.05, 0.1) is 31.8 Å². The van der Waals surface area contributed by atoms with Gasteiger partial charge in [-0.05, 0) is 73.0 Å². The molecule has 4 aromatic carbocycles. The fraction of sp³-hybridized carbons (Fsp3) is 0.257. The van der Waals surface area contributed by atoms with Crippen LogP contribution in [0, 0.1) is 0 Å². The van der Waals surface area contributed by atoms with Crippen LogP contribution >= 0.6 is 11.6 Å². The maximum Gasteiger partial charge on any atom is 0.273 e. The van der Waals surface area contributed by atoms with Crippen LogP contribution in [-0.4, -0.2) is 40.6 Å². The molecular weight excluding hydrogens is 592 g/mol. The number of rotatable bonds is 13. The number of nitrogens with one attached hydrogen (secondary N) is 2. The third kappa shape index (κ3) is 7.81. The number of halogens is 1. The molecule has 0 saturated carbocycles. The molecule has 0 radical (unpaired) electrons. The van der Waals surface area contributed by atoms with Gasteiger partial charge < -0.3 is 5.32 Å². The minimum Gasteiger partial charge on any atom is -0.352 e. The van der Waals surface area contributed by atoms with Gasteiger partial charge in [-0.2, -0.15) is 0 Å². The highest BCUT2D eigenvalue weighted by Gasteiger charge is 2.31. The van der Waals surface area contributed by atoms with Crippen molar-refractivity contribution in [2.75, 3.05) is 24.6 Å². The normalized spacial score (nSPS) is 14.2. The molecule has 9 heteroatoms. The summed E-state index contributed by atoms with van der Waals surface area (Å²) in [6.07, 6.45) is 3.06. The van der Waals surface area contributed by atoms with E-state index in [2.05, 4.69) is 46.8 Å². The average Bonchev–Trinajstić information content (AvgIpc) is 3.13. The predicted molar refractivity (Wildman–Crippen MR) is 176 cm³/mol. The Hall–Kier alpha value is -3.82. The van der Waals surface area contributed by atoms with Gasteiger partial charge in [-0.15, -0.1) is 0 Å². The predicted octanol–water partition coefficient (Wildman–Crippen LogP) is 6.59. The summed E-state index contributed by atoms with van der Waals surface area (Å²) >= 11 is 6.18. The molecule has 1 atom stereocenters. The second-order valence-corrected chi connectivity index (χ2v) is 12.6. The lowest BCUT2D eigenvalue weighted by Crippen LogP contribution is -2.43. The van der Waals surface area contributed by atoms with Crippen molar-refractivity contribution in [2.45, 2.75) is 49.1 Å². The van der Waals surface area contributed by atoms with Crippen molar-refractivity contribution in [3.05, 3.63) is 124 Å². The molecule has 2 N–H and O–H groups in total. The molecule has 44 heavy (non-hydrogen) atoms. The van der Waals surface area contributed by atoms with Crippen LogP contribution in [0.25, 0.3) is 0 Å². The Labute approximate surface area is 266 Å². The lowest BCUT2D eigenvalue weighted by molar-refractivity contribution is 0.0946. The number of benzene rings is 4. The van der Waals surface area contributed by atoms with Gasteiger partial charge in [-0.3, -0.25) is 14.5 Å². The first-order chi connectivity index (χ1) is 21.4. The van der Waals surface area contributed by atoms with Crippen molar-refractivity contribution in [3.8, 4) is 0 Å². The Morgan fingerprint density at radius 3 is 2.41 bits per heavy atom. The number of fused-ring (bicyclic) bond motifs is 2. The lowest BCUT2D eigenvalue weighted by atomic mass is 10.1. The molecule has 5 rings (SSSR count). The second-order valence-electron chi connectivity index (χ2n) is 10.8. The third-order valence-electron chi connectivity index (χ3n) is 7.53. The molecule has 2 amide bonds. The summed E-state index contributed by atoms with van der Waals surface area (Å²) in [5, 5.41) is 5.02. The second kappa shape index (κ2) is 15.3. The van der Waals surface area contributed by atoms with Crippen LogP contribution in [0.15, 0.2) is 107 Å². The molecule has 7 nitrogen and oxygen atoms in total. The largest absolute Gasteiger partial charge is 0.352 e. The van der Waals surface area contributed by atoms with Gasteiger partial charge in [0.15, 0.2) is 0 Å². The van der Waals surface area contributed by atoms with E-state index < -0.39 is 10.8 Å². The van der Waals surface area contributed by atoms with E-state index in [0.717, 1.165) is 44.5 Å². The number of anilines is 1. The van der Waals surface area contributed by atoms with Crippen LogP contribution in [0.1, 0.15) is 58.0 Å². The maximum absolute atomic E-state index is 13.8. The topological polar surface area (TPSA) is 81.8 Å². The van der Waals surface area contributed by atoms with Gasteiger partial charge in [-0.1, -0.05) is 79.5 Å². The summed E-state index contributed by atoms with van der Waals surface area (Å²) in [5.41, 5.74) is 6.46. The smallest absolute Gasteiger partial charge is 0.273 e. The van der Waals surface area contributed by atoms with Gasteiger partial charge in [0.1, 0.15) is 0 Å². The van der Waals surface area contributed by atoms with E-state index in [4.69, 9.17) is 11.6 Å². The van der Waals surface area contributed by atoms with E-state index in [0.29, 0.717) is 44.7 Å². The van der Waals surface area contributed by atoms with Crippen LogP contribution in [-0.2, 0) is 23.9 Å². The van der Waals surface area contributed by atoms with Crippen LogP contribution in [0.3, 0.4) is 0 Å². The number of hydrogen-bond acceptors (Lipinski definition) is 5. The first-order valence-corrected chi connectivity index (χ1v) is 16.5. The van der Waals surface area contributed by atoms with Crippen molar-refractivity contribution < 1.29 is 13.8 Å². The van der Waals surface area contributed by atoms with Crippen molar-refractivity contribution in [1.82, 2.24) is 15.6 Å². The summed E-state index contributed by atoms with van der Waals surface area (Å²) in [5.74, 6) is -0.594. The van der Waals surface area contributed by atoms with Crippen molar-refractivity contribution >= 4 is 39.9 Å². The molecule has 0 fully saturated rings. The molecular formula is C35H37ClN4O3S. The van der Waals surface area contributed by atoms with E-state index >= 15 is 0 Å². The van der Waals surface area contributed by atoms with E-state index in [1.807, 2.05) is 24.3 Å². The van der Waals surface area contributed by atoms with Gasteiger partial charge in [0.2, 0.25) is 0 Å². The molecule has 0 spiro atoms. The molecule has 4 aromatic rings. The van der Waals surface area contributed by atoms with Gasteiger partial charge in [0, 0.05) is 36.8 Å². The van der Waals surface area contributed by atoms with Crippen LogP contribution < -0.4 is 15.8 Å². The molecule has 228 valence electrons. The van der Waals surface area contributed by atoms with Crippen molar-refractivity contribution in [3.63, 3.8) is 0 Å². The van der Waals surface area contributed by atoms with Crippen molar-refractivity contribution in [2.24, 2.45) is 0 Å². The Kier molecular flexibility index (Phi) is 11.0. The number of nitrogens with zero attached hydrogens (tertiary/aromatic N) is 2. The number of unbranched alkanes of at least 4 members (excludes halogenated alkanes) is 1. The van der Waals surface area contributed by atoms with E-state index in [1.165, 1.54) is 10.6 Å². The SMILES string of the molecule is CCCCN(CCCNC(=O)c1ccc2c(c1)N(NCc1cccc(Cl)c1)C(=O)c1ccccc1S2=O)Cc1ccccc1. The zero-order valence-corrected chi connectivity index (χ0v) is 26.4. The van der Waals surface area contributed by atoms with E-state index in [-0.39, 0.29) is 11.8 Å². The maximum atomic E-state index is 13.8. The fourth-order valence-electron chi connectivity index (χ4n) is 5.22. The highest BCUT2D eigenvalue weighted by molar-refractivity contribution is 7.85. The van der Waals surface area contributed by atoms with E-state index in [9.17, 15) is 13.8 Å². The zero-order valence-electron chi connectivity index (χ0n) is 24.8. The quantitative estimate of drug-likeness (QED) is 0.163. The van der Waals surface area contributed by atoms with Gasteiger partial charge in [-0.25, -0.2) is 14.6 Å². The summed E-state index contributed by atoms with van der Waals surface area (Å²) in [6, 6.07) is 29.7. The molecule has 0 saturated heterocycles. The third-order valence-corrected chi connectivity index (χ3v) is 9.26. The molecule has 0 aromatic heterocycles. The van der Waals surface area contributed by atoms with Crippen LogP contribution in [0.4, 0.5) is 5.69 Å². The first-order valence-electron chi connectivity index (χ1n) is 15.0.